The van der Waals surface area contributed by atoms with Crippen LogP contribution < -0.4 is 4.74 Å². The maximum absolute atomic E-state index is 11.0. The van der Waals surface area contributed by atoms with Gasteiger partial charge in [0.1, 0.15) is 12.4 Å². The van der Waals surface area contributed by atoms with Crippen molar-refractivity contribution in [2.24, 2.45) is 0 Å². The van der Waals surface area contributed by atoms with E-state index in [0.717, 1.165) is 5.56 Å². The maximum Gasteiger partial charge on any atom is 0.335 e. The van der Waals surface area contributed by atoms with E-state index in [1.54, 1.807) is 25.1 Å². The summed E-state index contributed by atoms with van der Waals surface area (Å²) in [6.07, 6.45) is 0. The molecule has 0 bridgehead atoms. The van der Waals surface area contributed by atoms with Gasteiger partial charge < -0.3 is 9.84 Å². The fourth-order valence-electron chi connectivity index (χ4n) is 2.13. The smallest absolute Gasteiger partial charge is 0.335 e. The number of aryl methyl sites for hydroxylation is 1. The summed E-state index contributed by atoms with van der Waals surface area (Å²) in [5.41, 5.74) is 3.42. The minimum Gasteiger partial charge on any atom is -0.489 e. The minimum absolute atomic E-state index is 0.309. The highest BCUT2D eigenvalue weighted by molar-refractivity contribution is 5.89. The van der Waals surface area contributed by atoms with Crippen LogP contribution in [0.1, 0.15) is 46.8 Å². The summed E-state index contributed by atoms with van der Waals surface area (Å²) in [6, 6.07) is 13.4. The van der Waals surface area contributed by atoms with Crippen LogP contribution in [0.3, 0.4) is 0 Å². The van der Waals surface area contributed by atoms with E-state index in [0.29, 0.717) is 29.4 Å². The van der Waals surface area contributed by atoms with E-state index in [4.69, 9.17) is 9.84 Å². The number of carboxylic acid groups (broad SMARTS) is 1. The molecule has 3 heteroatoms. The number of ether oxygens (including phenoxy) is 1. The first-order valence-corrected chi connectivity index (χ1v) is 7.03. The summed E-state index contributed by atoms with van der Waals surface area (Å²) >= 11 is 0. The second-order valence-electron chi connectivity index (χ2n) is 5.47. The third-order valence-electron chi connectivity index (χ3n) is 3.48. The quantitative estimate of drug-likeness (QED) is 0.885. The standard InChI is InChI=1S/C18H20O3/c1-12(2)15-6-4-14(5-7-15)11-21-16-8-9-17(18(19)20)13(3)10-16/h4-10,12H,11H2,1-3H3,(H,19,20). The molecule has 0 fully saturated rings. The molecule has 2 aromatic carbocycles. The third-order valence-corrected chi connectivity index (χ3v) is 3.48. The molecule has 0 spiro atoms. The van der Waals surface area contributed by atoms with E-state index in [9.17, 15) is 4.79 Å². The molecule has 0 atom stereocenters. The van der Waals surface area contributed by atoms with Gasteiger partial charge in [-0.05, 0) is 47.7 Å². The number of hydrogen-bond acceptors (Lipinski definition) is 2. The van der Waals surface area contributed by atoms with Gasteiger partial charge >= 0.3 is 5.97 Å². The third kappa shape index (κ3) is 3.85. The fraction of sp³-hybridized carbons (Fsp3) is 0.278. The summed E-state index contributed by atoms with van der Waals surface area (Å²) in [5, 5.41) is 8.99. The van der Waals surface area contributed by atoms with Crippen LogP contribution in [0, 0.1) is 6.92 Å². The highest BCUT2D eigenvalue weighted by Crippen LogP contribution is 2.19. The van der Waals surface area contributed by atoms with E-state index in [1.165, 1.54) is 5.56 Å². The lowest BCUT2D eigenvalue weighted by Crippen LogP contribution is -2.01. The topological polar surface area (TPSA) is 46.5 Å². The van der Waals surface area contributed by atoms with Gasteiger partial charge in [-0.25, -0.2) is 4.79 Å². The lowest BCUT2D eigenvalue weighted by Gasteiger charge is -2.10. The lowest BCUT2D eigenvalue weighted by atomic mass is 10.0. The van der Waals surface area contributed by atoms with Crippen molar-refractivity contribution in [2.45, 2.75) is 33.3 Å². The number of aromatic carboxylic acids is 1. The first-order chi connectivity index (χ1) is 9.97. The van der Waals surface area contributed by atoms with Crippen LogP contribution in [0.4, 0.5) is 0 Å². The van der Waals surface area contributed by atoms with Crippen molar-refractivity contribution >= 4 is 5.97 Å². The van der Waals surface area contributed by atoms with Gasteiger partial charge in [-0.3, -0.25) is 0 Å². The van der Waals surface area contributed by atoms with Crippen LogP contribution >= 0.6 is 0 Å². The molecule has 0 unspecified atom stereocenters. The molecule has 2 aromatic rings. The second kappa shape index (κ2) is 6.44. The molecule has 0 aliphatic heterocycles. The minimum atomic E-state index is -0.914. The summed E-state index contributed by atoms with van der Waals surface area (Å²) in [6.45, 7) is 6.58. The molecular formula is C18H20O3. The van der Waals surface area contributed by atoms with Crippen LogP contribution in [0.2, 0.25) is 0 Å². The Morgan fingerprint density at radius 2 is 1.81 bits per heavy atom. The molecule has 0 radical (unpaired) electrons. The normalized spacial score (nSPS) is 10.7. The molecule has 2 rings (SSSR count). The molecule has 0 saturated carbocycles. The monoisotopic (exact) mass is 284 g/mol. The molecular weight excluding hydrogens is 264 g/mol. The number of carboxylic acids is 1. The number of carbonyl (C=O) groups is 1. The van der Waals surface area contributed by atoms with Gasteiger partial charge in [0.2, 0.25) is 0 Å². The Morgan fingerprint density at radius 3 is 2.33 bits per heavy atom. The molecule has 0 aromatic heterocycles. The first kappa shape index (κ1) is 15.1. The van der Waals surface area contributed by atoms with Crippen molar-refractivity contribution in [2.75, 3.05) is 0 Å². The zero-order chi connectivity index (χ0) is 15.4. The lowest BCUT2D eigenvalue weighted by molar-refractivity contribution is 0.0696. The van der Waals surface area contributed by atoms with Crippen molar-refractivity contribution in [1.82, 2.24) is 0 Å². The van der Waals surface area contributed by atoms with Crippen LogP contribution in [0.5, 0.6) is 5.75 Å². The molecule has 3 nitrogen and oxygen atoms in total. The molecule has 21 heavy (non-hydrogen) atoms. The number of hydrogen-bond donors (Lipinski definition) is 1. The zero-order valence-electron chi connectivity index (χ0n) is 12.6. The highest BCUT2D eigenvalue weighted by atomic mass is 16.5. The Morgan fingerprint density at radius 1 is 1.14 bits per heavy atom. The van der Waals surface area contributed by atoms with E-state index >= 15 is 0 Å². The Labute approximate surface area is 125 Å². The summed E-state index contributed by atoms with van der Waals surface area (Å²) in [5.74, 6) is 0.292. The van der Waals surface area contributed by atoms with Gasteiger partial charge in [0.05, 0.1) is 5.56 Å². The Balaban J connectivity index is 2.03. The van der Waals surface area contributed by atoms with E-state index < -0.39 is 5.97 Å². The highest BCUT2D eigenvalue weighted by Gasteiger charge is 2.07. The predicted molar refractivity (Wildman–Crippen MR) is 83.0 cm³/mol. The first-order valence-electron chi connectivity index (χ1n) is 7.03. The molecule has 0 aliphatic carbocycles. The van der Waals surface area contributed by atoms with E-state index in [2.05, 4.69) is 38.1 Å². The summed E-state index contributed by atoms with van der Waals surface area (Å²) in [7, 11) is 0. The van der Waals surface area contributed by atoms with Gasteiger partial charge in [0.15, 0.2) is 0 Å². The molecule has 0 saturated heterocycles. The number of rotatable bonds is 5. The largest absolute Gasteiger partial charge is 0.489 e. The molecule has 0 heterocycles. The summed E-state index contributed by atoms with van der Waals surface area (Å²) < 4.78 is 5.72. The maximum atomic E-state index is 11.0. The van der Waals surface area contributed by atoms with Crippen molar-refractivity contribution < 1.29 is 14.6 Å². The average Bonchev–Trinajstić information content (AvgIpc) is 2.45. The van der Waals surface area contributed by atoms with Crippen LogP contribution in [0.25, 0.3) is 0 Å². The van der Waals surface area contributed by atoms with E-state index in [-0.39, 0.29) is 0 Å². The average molecular weight is 284 g/mol. The van der Waals surface area contributed by atoms with Gasteiger partial charge in [-0.1, -0.05) is 38.1 Å². The SMILES string of the molecule is Cc1cc(OCc2ccc(C(C)C)cc2)ccc1C(=O)O. The predicted octanol–water partition coefficient (Wildman–Crippen LogP) is 4.40. The Kier molecular flexibility index (Phi) is 4.63. The van der Waals surface area contributed by atoms with Crippen molar-refractivity contribution in [1.29, 1.82) is 0 Å². The van der Waals surface area contributed by atoms with Crippen LogP contribution in [0.15, 0.2) is 42.5 Å². The number of benzene rings is 2. The van der Waals surface area contributed by atoms with Gasteiger partial charge in [0, 0.05) is 0 Å². The second-order valence-corrected chi connectivity index (χ2v) is 5.47. The molecule has 1 N–H and O–H groups in total. The van der Waals surface area contributed by atoms with Crippen molar-refractivity contribution in [3.63, 3.8) is 0 Å². The fourth-order valence-corrected chi connectivity index (χ4v) is 2.13. The van der Waals surface area contributed by atoms with Gasteiger partial charge in [-0.15, -0.1) is 0 Å². The Hall–Kier alpha value is -2.29. The van der Waals surface area contributed by atoms with Crippen molar-refractivity contribution in [3.8, 4) is 5.75 Å². The van der Waals surface area contributed by atoms with Crippen LogP contribution in [-0.2, 0) is 6.61 Å². The zero-order valence-corrected chi connectivity index (χ0v) is 12.6. The molecule has 0 amide bonds. The Bertz CT molecular complexity index is 627. The van der Waals surface area contributed by atoms with Gasteiger partial charge in [0.25, 0.3) is 0 Å². The van der Waals surface area contributed by atoms with Gasteiger partial charge in [-0.2, -0.15) is 0 Å². The van der Waals surface area contributed by atoms with Crippen molar-refractivity contribution in [3.05, 3.63) is 64.7 Å². The van der Waals surface area contributed by atoms with Crippen LogP contribution in [-0.4, -0.2) is 11.1 Å². The van der Waals surface area contributed by atoms with E-state index in [1.807, 2.05) is 0 Å². The molecule has 110 valence electrons. The summed E-state index contributed by atoms with van der Waals surface area (Å²) in [4.78, 5) is 11.0. The molecule has 0 aliphatic rings.